The van der Waals surface area contributed by atoms with Crippen LogP contribution in [0.1, 0.15) is 29.8 Å². The second-order valence-corrected chi connectivity index (χ2v) is 8.86. The number of benzene rings is 2. The molecule has 0 aliphatic carbocycles. The Morgan fingerprint density at radius 1 is 1.00 bits per heavy atom. The van der Waals surface area contributed by atoms with Crippen molar-refractivity contribution in [3.05, 3.63) is 59.7 Å². The van der Waals surface area contributed by atoms with Gasteiger partial charge in [0.15, 0.2) is 0 Å². The number of carbonyl (C=O) groups excluding carboxylic acids is 1. The molecule has 1 amide bonds. The van der Waals surface area contributed by atoms with Gasteiger partial charge in [0.05, 0.1) is 17.1 Å². The van der Waals surface area contributed by atoms with Crippen LogP contribution in [-0.2, 0) is 14.8 Å². The predicted octanol–water partition coefficient (Wildman–Crippen LogP) is 3.05. The van der Waals surface area contributed by atoms with Crippen LogP contribution in [0, 0.1) is 6.92 Å². The van der Waals surface area contributed by atoms with Gasteiger partial charge in [-0.15, -0.1) is 0 Å². The maximum atomic E-state index is 12.9. The van der Waals surface area contributed by atoms with Gasteiger partial charge in [-0.3, -0.25) is 4.79 Å². The van der Waals surface area contributed by atoms with Crippen molar-refractivity contribution in [2.75, 3.05) is 18.4 Å². The molecule has 0 bridgehead atoms. The summed E-state index contributed by atoms with van der Waals surface area (Å²) < 4.78 is 32.7. The number of sulfonamides is 1. The van der Waals surface area contributed by atoms with E-state index in [1.165, 1.54) is 28.6 Å². The zero-order valence-corrected chi connectivity index (χ0v) is 16.5. The topological polar surface area (TPSA) is 75.7 Å². The Morgan fingerprint density at radius 3 is 2.11 bits per heavy atom. The minimum Gasteiger partial charge on any atom is -0.373 e. The summed E-state index contributed by atoms with van der Waals surface area (Å²) in [6, 6.07) is 13.5. The Balaban J connectivity index is 1.74. The average Bonchev–Trinajstić information content (AvgIpc) is 2.63. The zero-order valence-electron chi connectivity index (χ0n) is 15.7. The monoisotopic (exact) mass is 388 g/mol. The molecule has 7 heteroatoms. The highest BCUT2D eigenvalue weighted by Crippen LogP contribution is 2.22. The molecule has 2 atom stereocenters. The first kappa shape index (κ1) is 19.5. The van der Waals surface area contributed by atoms with E-state index >= 15 is 0 Å². The summed E-state index contributed by atoms with van der Waals surface area (Å²) in [7, 11) is -3.61. The maximum absolute atomic E-state index is 12.9. The molecule has 1 aliphatic heterocycles. The fraction of sp³-hybridized carbons (Fsp3) is 0.350. The SMILES string of the molecule is Cc1ccc(NC(=O)c2ccc(S(=O)(=O)N3CC(C)OC(C)C3)cc2)cc1. The highest BCUT2D eigenvalue weighted by Gasteiger charge is 2.32. The number of hydrogen-bond donors (Lipinski definition) is 1. The fourth-order valence-electron chi connectivity index (χ4n) is 3.09. The van der Waals surface area contributed by atoms with Crippen molar-refractivity contribution in [1.29, 1.82) is 0 Å². The highest BCUT2D eigenvalue weighted by molar-refractivity contribution is 7.89. The van der Waals surface area contributed by atoms with Crippen LogP contribution in [0.2, 0.25) is 0 Å². The average molecular weight is 388 g/mol. The van der Waals surface area contributed by atoms with Crippen LogP contribution >= 0.6 is 0 Å². The van der Waals surface area contributed by atoms with E-state index in [2.05, 4.69) is 5.32 Å². The number of nitrogens with one attached hydrogen (secondary N) is 1. The number of nitrogens with zero attached hydrogens (tertiary/aromatic N) is 1. The van der Waals surface area contributed by atoms with Gasteiger partial charge in [-0.1, -0.05) is 17.7 Å². The normalized spacial score (nSPS) is 21.0. The summed E-state index contributed by atoms with van der Waals surface area (Å²) in [5.74, 6) is -0.281. The van der Waals surface area contributed by atoms with Gasteiger partial charge in [0.25, 0.3) is 5.91 Å². The van der Waals surface area contributed by atoms with E-state index in [0.717, 1.165) is 5.56 Å². The number of aryl methyl sites for hydroxylation is 1. The molecule has 1 N–H and O–H groups in total. The summed E-state index contributed by atoms with van der Waals surface area (Å²) >= 11 is 0. The summed E-state index contributed by atoms with van der Waals surface area (Å²) in [5, 5.41) is 2.80. The molecule has 2 aromatic carbocycles. The third kappa shape index (κ3) is 4.55. The standard InChI is InChI=1S/C20H24N2O4S/c1-14-4-8-18(9-5-14)21-20(23)17-6-10-19(11-7-17)27(24,25)22-12-15(2)26-16(3)13-22/h4-11,15-16H,12-13H2,1-3H3,(H,21,23). The fourth-order valence-corrected chi connectivity index (χ4v) is 4.68. The summed E-state index contributed by atoms with van der Waals surface area (Å²) in [6.45, 7) is 6.33. The lowest BCUT2D eigenvalue weighted by molar-refractivity contribution is -0.0440. The number of rotatable bonds is 4. The Kier molecular flexibility index (Phi) is 5.64. The number of ether oxygens (including phenoxy) is 1. The second-order valence-electron chi connectivity index (χ2n) is 6.92. The van der Waals surface area contributed by atoms with Gasteiger partial charge in [0, 0.05) is 24.3 Å². The van der Waals surface area contributed by atoms with Gasteiger partial charge in [-0.25, -0.2) is 8.42 Å². The number of amides is 1. The van der Waals surface area contributed by atoms with Crippen molar-refractivity contribution in [2.45, 2.75) is 37.9 Å². The van der Waals surface area contributed by atoms with Crippen molar-refractivity contribution in [1.82, 2.24) is 4.31 Å². The molecule has 2 unspecified atom stereocenters. The lowest BCUT2D eigenvalue weighted by Gasteiger charge is -2.34. The number of anilines is 1. The molecule has 1 fully saturated rings. The molecule has 27 heavy (non-hydrogen) atoms. The molecule has 6 nitrogen and oxygen atoms in total. The van der Waals surface area contributed by atoms with Crippen molar-refractivity contribution in [3.8, 4) is 0 Å². The molecule has 144 valence electrons. The minimum atomic E-state index is -3.61. The lowest BCUT2D eigenvalue weighted by atomic mass is 10.2. The molecule has 1 aliphatic rings. The molecular formula is C20H24N2O4S. The van der Waals surface area contributed by atoms with E-state index in [9.17, 15) is 13.2 Å². The van der Waals surface area contributed by atoms with Crippen LogP contribution in [0.15, 0.2) is 53.4 Å². The first-order chi connectivity index (χ1) is 12.8. The van der Waals surface area contributed by atoms with Crippen molar-refractivity contribution in [2.24, 2.45) is 0 Å². The predicted molar refractivity (Wildman–Crippen MR) is 104 cm³/mol. The smallest absolute Gasteiger partial charge is 0.255 e. The van der Waals surface area contributed by atoms with E-state index in [0.29, 0.717) is 24.3 Å². The third-order valence-corrected chi connectivity index (χ3v) is 6.30. The molecule has 2 aromatic rings. The van der Waals surface area contributed by atoms with Gasteiger partial charge in [-0.2, -0.15) is 4.31 Å². The summed E-state index contributed by atoms with van der Waals surface area (Å²) in [4.78, 5) is 12.5. The Bertz CT molecular complexity index is 898. The van der Waals surface area contributed by atoms with Gasteiger partial charge in [0.1, 0.15) is 0 Å². The molecule has 3 rings (SSSR count). The van der Waals surface area contributed by atoms with E-state index in [1.807, 2.05) is 45.0 Å². The van der Waals surface area contributed by atoms with Crippen molar-refractivity contribution in [3.63, 3.8) is 0 Å². The van der Waals surface area contributed by atoms with Crippen LogP contribution < -0.4 is 5.32 Å². The van der Waals surface area contributed by atoms with Crippen LogP contribution in [0.5, 0.6) is 0 Å². The Morgan fingerprint density at radius 2 is 1.56 bits per heavy atom. The Labute approximate surface area is 160 Å². The number of morpholine rings is 1. The van der Waals surface area contributed by atoms with E-state index in [1.54, 1.807) is 0 Å². The molecule has 0 aromatic heterocycles. The number of carbonyl (C=O) groups is 1. The van der Waals surface area contributed by atoms with Crippen molar-refractivity contribution < 1.29 is 17.9 Å². The molecular weight excluding hydrogens is 364 g/mol. The maximum Gasteiger partial charge on any atom is 0.255 e. The van der Waals surface area contributed by atoms with E-state index in [-0.39, 0.29) is 23.0 Å². The molecule has 1 heterocycles. The minimum absolute atomic E-state index is 0.150. The number of hydrogen-bond acceptors (Lipinski definition) is 4. The highest BCUT2D eigenvalue weighted by atomic mass is 32.2. The van der Waals surface area contributed by atoms with Crippen molar-refractivity contribution >= 4 is 21.6 Å². The van der Waals surface area contributed by atoms with Crippen LogP contribution in [0.3, 0.4) is 0 Å². The first-order valence-electron chi connectivity index (χ1n) is 8.89. The van der Waals surface area contributed by atoms with Gasteiger partial charge >= 0.3 is 0 Å². The molecule has 0 radical (unpaired) electrons. The van der Waals surface area contributed by atoms with Crippen LogP contribution in [0.25, 0.3) is 0 Å². The summed E-state index contributed by atoms with van der Waals surface area (Å²) in [5.41, 5.74) is 2.20. The molecule has 0 spiro atoms. The quantitative estimate of drug-likeness (QED) is 0.873. The first-order valence-corrected chi connectivity index (χ1v) is 10.3. The largest absolute Gasteiger partial charge is 0.373 e. The molecule has 0 saturated carbocycles. The summed E-state index contributed by atoms with van der Waals surface area (Å²) in [6.07, 6.45) is -0.300. The lowest BCUT2D eigenvalue weighted by Crippen LogP contribution is -2.48. The van der Waals surface area contributed by atoms with Gasteiger partial charge < -0.3 is 10.1 Å². The van der Waals surface area contributed by atoms with Gasteiger partial charge in [0.2, 0.25) is 10.0 Å². The Hall–Kier alpha value is -2.22. The van der Waals surface area contributed by atoms with Crippen LogP contribution in [0.4, 0.5) is 5.69 Å². The second kappa shape index (κ2) is 7.80. The van der Waals surface area contributed by atoms with E-state index in [4.69, 9.17) is 4.74 Å². The third-order valence-electron chi connectivity index (χ3n) is 4.45. The zero-order chi connectivity index (χ0) is 19.6. The van der Waals surface area contributed by atoms with Gasteiger partial charge in [-0.05, 0) is 57.2 Å². The van der Waals surface area contributed by atoms with Crippen LogP contribution in [-0.4, -0.2) is 43.9 Å². The van der Waals surface area contributed by atoms with E-state index < -0.39 is 10.0 Å². The molecule has 1 saturated heterocycles.